The number of likely N-dealkylation sites (tertiary alicyclic amines) is 1. The molecular weight excluding hydrogens is 386 g/mol. The summed E-state index contributed by atoms with van der Waals surface area (Å²) in [6.07, 6.45) is 4.22. The lowest BCUT2D eigenvalue weighted by Crippen LogP contribution is -2.56. The van der Waals surface area contributed by atoms with Crippen LogP contribution in [0.4, 0.5) is 4.79 Å². The van der Waals surface area contributed by atoms with Crippen molar-refractivity contribution in [2.75, 3.05) is 6.54 Å². The van der Waals surface area contributed by atoms with Gasteiger partial charge in [-0.3, -0.25) is 14.5 Å². The van der Waals surface area contributed by atoms with Crippen molar-refractivity contribution < 1.29 is 24.2 Å². The van der Waals surface area contributed by atoms with E-state index in [4.69, 9.17) is 4.74 Å². The van der Waals surface area contributed by atoms with Gasteiger partial charge in [0.05, 0.1) is 6.04 Å². The lowest BCUT2D eigenvalue weighted by Gasteiger charge is -2.31. The van der Waals surface area contributed by atoms with Crippen LogP contribution in [-0.4, -0.2) is 64.3 Å². The molecule has 3 rings (SSSR count). The molecule has 0 aromatic rings. The van der Waals surface area contributed by atoms with Crippen molar-refractivity contribution in [1.29, 1.82) is 0 Å². The molecule has 0 bridgehead atoms. The van der Waals surface area contributed by atoms with Gasteiger partial charge in [0.15, 0.2) is 6.10 Å². The molecule has 8 nitrogen and oxygen atoms in total. The first kappa shape index (κ1) is 22.8. The maximum absolute atomic E-state index is 13.3. The highest BCUT2D eigenvalue weighted by atomic mass is 16.6. The SMILES string of the molecule is CCCC(NC(=O)C1C2CCCC2CN1C(=O)OC(C)(C)C)C(O)C(=O)NC1CC1. The number of ether oxygens (including phenoxy) is 1. The number of hydrogen-bond donors (Lipinski definition) is 3. The Labute approximate surface area is 179 Å². The smallest absolute Gasteiger partial charge is 0.410 e. The normalized spacial score (nSPS) is 27.9. The fraction of sp³-hybridized carbons (Fsp3) is 0.864. The van der Waals surface area contributed by atoms with Crippen LogP contribution in [0.2, 0.25) is 0 Å². The molecule has 0 aromatic carbocycles. The van der Waals surface area contributed by atoms with Crippen molar-refractivity contribution in [1.82, 2.24) is 15.5 Å². The molecule has 1 aliphatic heterocycles. The van der Waals surface area contributed by atoms with Crippen molar-refractivity contribution in [3.63, 3.8) is 0 Å². The molecular formula is C22H37N3O5. The van der Waals surface area contributed by atoms with Gasteiger partial charge in [0, 0.05) is 12.6 Å². The second-order valence-electron chi connectivity index (χ2n) is 10.1. The molecule has 3 fully saturated rings. The van der Waals surface area contributed by atoms with E-state index in [0.717, 1.165) is 32.1 Å². The van der Waals surface area contributed by atoms with Gasteiger partial charge >= 0.3 is 6.09 Å². The summed E-state index contributed by atoms with van der Waals surface area (Å²) in [7, 11) is 0. The minimum absolute atomic E-state index is 0.0947. The summed E-state index contributed by atoms with van der Waals surface area (Å²) in [5.74, 6) is -0.351. The van der Waals surface area contributed by atoms with Gasteiger partial charge in [0.25, 0.3) is 5.91 Å². The molecule has 2 aliphatic carbocycles. The van der Waals surface area contributed by atoms with Crippen LogP contribution in [-0.2, 0) is 14.3 Å². The van der Waals surface area contributed by atoms with Gasteiger partial charge in [0.1, 0.15) is 11.6 Å². The molecule has 30 heavy (non-hydrogen) atoms. The first-order valence-corrected chi connectivity index (χ1v) is 11.4. The highest BCUT2D eigenvalue weighted by Gasteiger charge is 2.51. The van der Waals surface area contributed by atoms with E-state index in [9.17, 15) is 19.5 Å². The molecule has 3 N–H and O–H groups in total. The van der Waals surface area contributed by atoms with Crippen LogP contribution < -0.4 is 10.6 Å². The number of aliphatic hydroxyl groups excluding tert-OH is 1. The molecule has 5 atom stereocenters. The summed E-state index contributed by atoms with van der Waals surface area (Å²) in [6.45, 7) is 7.88. The largest absolute Gasteiger partial charge is 0.444 e. The number of carbonyl (C=O) groups excluding carboxylic acids is 3. The summed E-state index contributed by atoms with van der Waals surface area (Å²) < 4.78 is 5.55. The molecule has 1 saturated heterocycles. The van der Waals surface area contributed by atoms with Crippen LogP contribution in [0, 0.1) is 11.8 Å². The average molecular weight is 424 g/mol. The molecule has 3 aliphatic rings. The van der Waals surface area contributed by atoms with Gasteiger partial charge in [-0.2, -0.15) is 0 Å². The topological polar surface area (TPSA) is 108 Å². The van der Waals surface area contributed by atoms with E-state index in [1.807, 2.05) is 27.7 Å². The number of fused-ring (bicyclic) bond motifs is 1. The van der Waals surface area contributed by atoms with Gasteiger partial charge in [-0.05, 0) is 64.7 Å². The number of nitrogens with zero attached hydrogens (tertiary/aromatic N) is 1. The first-order valence-electron chi connectivity index (χ1n) is 11.4. The Bertz CT molecular complexity index is 658. The molecule has 170 valence electrons. The third-order valence-corrected chi connectivity index (χ3v) is 6.29. The van der Waals surface area contributed by atoms with E-state index in [0.29, 0.717) is 25.3 Å². The lowest BCUT2D eigenvalue weighted by molar-refractivity contribution is -0.134. The maximum atomic E-state index is 13.3. The van der Waals surface area contributed by atoms with Gasteiger partial charge in [0.2, 0.25) is 5.91 Å². The Kier molecular flexibility index (Phi) is 6.95. The zero-order valence-corrected chi connectivity index (χ0v) is 18.6. The Morgan fingerprint density at radius 3 is 2.47 bits per heavy atom. The van der Waals surface area contributed by atoms with E-state index in [-0.39, 0.29) is 17.9 Å². The molecule has 2 saturated carbocycles. The fourth-order valence-corrected chi connectivity index (χ4v) is 4.73. The van der Waals surface area contributed by atoms with Gasteiger partial charge in [-0.15, -0.1) is 0 Å². The van der Waals surface area contributed by atoms with E-state index >= 15 is 0 Å². The Morgan fingerprint density at radius 1 is 1.17 bits per heavy atom. The minimum atomic E-state index is -1.30. The van der Waals surface area contributed by atoms with Crippen molar-refractivity contribution in [2.24, 2.45) is 11.8 Å². The van der Waals surface area contributed by atoms with E-state index in [2.05, 4.69) is 10.6 Å². The van der Waals surface area contributed by atoms with Crippen LogP contribution in [0.1, 0.15) is 72.6 Å². The second-order valence-corrected chi connectivity index (χ2v) is 10.1. The Morgan fingerprint density at radius 2 is 1.87 bits per heavy atom. The van der Waals surface area contributed by atoms with Crippen LogP contribution in [0.25, 0.3) is 0 Å². The highest BCUT2D eigenvalue weighted by molar-refractivity contribution is 5.88. The summed E-state index contributed by atoms with van der Waals surface area (Å²) in [6, 6.07) is -1.16. The van der Waals surface area contributed by atoms with E-state index < -0.39 is 35.8 Å². The van der Waals surface area contributed by atoms with Crippen molar-refractivity contribution in [3.8, 4) is 0 Å². The summed E-state index contributed by atoms with van der Waals surface area (Å²) in [5, 5.41) is 16.3. The van der Waals surface area contributed by atoms with Crippen LogP contribution in [0.5, 0.6) is 0 Å². The molecule has 5 unspecified atom stereocenters. The number of rotatable bonds is 7. The lowest BCUT2D eigenvalue weighted by atomic mass is 9.93. The Balaban J connectivity index is 1.71. The Hall–Kier alpha value is -1.83. The van der Waals surface area contributed by atoms with Crippen molar-refractivity contribution in [3.05, 3.63) is 0 Å². The third-order valence-electron chi connectivity index (χ3n) is 6.29. The molecule has 0 spiro atoms. The summed E-state index contributed by atoms with van der Waals surface area (Å²) in [4.78, 5) is 40.0. The van der Waals surface area contributed by atoms with Crippen LogP contribution >= 0.6 is 0 Å². The first-order chi connectivity index (χ1) is 14.1. The molecule has 3 amide bonds. The number of aliphatic hydroxyl groups is 1. The number of hydrogen-bond acceptors (Lipinski definition) is 5. The monoisotopic (exact) mass is 423 g/mol. The number of carbonyl (C=O) groups is 3. The number of amides is 3. The van der Waals surface area contributed by atoms with Crippen LogP contribution in [0.3, 0.4) is 0 Å². The van der Waals surface area contributed by atoms with Gasteiger partial charge < -0.3 is 20.5 Å². The molecule has 0 radical (unpaired) electrons. The molecule has 8 heteroatoms. The van der Waals surface area contributed by atoms with Gasteiger partial charge in [-0.25, -0.2) is 4.79 Å². The molecule has 1 heterocycles. The summed E-state index contributed by atoms with van der Waals surface area (Å²) in [5.41, 5.74) is -0.641. The zero-order chi connectivity index (χ0) is 22.1. The van der Waals surface area contributed by atoms with Gasteiger partial charge in [-0.1, -0.05) is 19.8 Å². The second kappa shape index (κ2) is 9.12. The molecule has 0 aromatic heterocycles. The maximum Gasteiger partial charge on any atom is 0.410 e. The van der Waals surface area contributed by atoms with E-state index in [1.165, 1.54) is 0 Å². The van der Waals surface area contributed by atoms with Crippen molar-refractivity contribution >= 4 is 17.9 Å². The predicted octanol–water partition coefficient (Wildman–Crippen LogP) is 1.95. The minimum Gasteiger partial charge on any atom is -0.444 e. The number of nitrogens with one attached hydrogen (secondary N) is 2. The van der Waals surface area contributed by atoms with Crippen molar-refractivity contribution in [2.45, 2.75) is 102 Å². The standard InChI is InChI=1S/C22H37N3O5/c1-5-7-16(18(26)20(28)23-14-10-11-14)24-19(27)17-15-9-6-8-13(15)12-25(17)21(29)30-22(2,3)4/h13-18,26H,5-12H2,1-4H3,(H,23,28)(H,24,27). The summed E-state index contributed by atoms with van der Waals surface area (Å²) >= 11 is 0. The quantitative estimate of drug-likeness (QED) is 0.580. The third kappa shape index (κ3) is 5.45. The zero-order valence-electron chi connectivity index (χ0n) is 18.6. The highest BCUT2D eigenvalue weighted by Crippen LogP contribution is 2.42. The fourth-order valence-electron chi connectivity index (χ4n) is 4.73. The van der Waals surface area contributed by atoms with Crippen LogP contribution in [0.15, 0.2) is 0 Å². The van der Waals surface area contributed by atoms with E-state index in [1.54, 1.807) is 4.90 Å². The predicted molar refractivity (Wildman–Crippen MR) is 112 cm³/mol. The average Bonchev–Trinajstić information content (AvgIpc) is 3.21.